The smallest absolute Gasteiger partial charge is 0.238 e. The van der Waals surface area contributed by atoms with Gasteiger partial charge in [-0.05, 0) is 0 Å². The number of nitrogens with zero attached hydrogens (tertiary/aromatic N) is 1. The number of halogens is 3. The molecule has 0 aliphatic rings. The average Bonchev–Trinajstić information content (AvgIpc) is 1.60. The Morgan fingerprint density at radius 3 is 2.20 bits per heavy atom. The molecule has 0 aromatic rings. The third-order valence-electron chi connectivity index (χ3n) is 0.686. The van der Waals surface area contributed by atoms with E-state index in [1.54, 1.807) is 0 Å². The fourth-order valence-electron chi connectivity index (χ4n) is 0.241. The molecule has 1 atom stereocenters. The van der Waals surface area contributed by atoms with Crippen LogP contribution in [0.1, 0.15) is 0 Å². The number of hydrogen-bond donors (Lipinski definition) is 1. The Bertz CT molecular complexity index is 133. The number of nitro groups is 1. The minimum atomic E-state index is -2.24. The molecule has 0 spiro atoms. The molecule has 1 unspecified atom stereocenters. The first kappa shape index (κ1) is 10.2. The van der Waals surface area contributed by atoms with Crippen LogP contribution in [0.3, 0.4) is 0 Å². The molecule has 0 saturated carbocycles. The minimum absolute atomic E-state index is 0.676. The van der Waals surface area contributed by atoms with Gasteiger partial charge in [-0.15, -0.1) is 11.6 Å². The van der Waals surface area contributed by atoms with Gasteiger partial charge in [-0.3, -0.25) is 10.1 Å². The van der Waals surface area contributed by atoms with E-state index in [9.17, 15) is 10.1 Å². The van der Waals surface area contributed by atoms with Crippen LogP contribution in [-0.4, -0.2) is 26.5 Å². The summed E-state index contributed by atoms with van der Waals surface area (Å²) in [4.78, 5) is 9.03. The van der Waals surface area contributed by atoms with Crippen LogP contribution in [0.4, 0.5) is 0 Å². The van der Waals surface area contributed by atoms with Crippen molar-refractivity contribution in [2.45, 2.75) is 9.90 Å². The first-order chi connectivity index (χ1) is 4.34. The largest absolute Gasteiger partial charge is 0.361 e. The molecule has 0 aromatic carbocycles. The summed E-state index contributed by atoms with van der Waals surface area (Å²) in [7, 11) is 0. The van der Waals surface area contributed by atoms with Gasteiger partial charge < -0.3 is 5.11 Å². The molecule has 1 N–H and O–H groups in total. The molecule has 0 amide bonds. The maximum absolute atomic E-state index is 9.75. The van der Waals surface area contributed by atoms with E-state index in [-0.39, 0.29) is 0 Å². The lowest BCUT2D eigenvalue weighted by molar-refractivity contribution is -0.480. The van der Waals surface area contributed by atoms with Gasteiger partial charge >= 0.3 is 0 Å². The Hall–Kier alpha value is 0.230. The molecule has 7 heteroatoms. The first-order valence-corrected chi connectivity index (χ1v) is 3.39. The van der Waals surface area contributed by atoms with Crippen molar-refractivity contribution in [3.63, 3.8) is 0 Å². The summed E-state index contributed by atoms with van der Waals surface area (Å²) in [6, 6.07) is 0. The van der Waals surface area contributed by atoms with Gasteiger partial charge in [0.15, 0.2) is 5.38 Å². The summed E-state index contributed by atoms with van der Waals surface area (Å²) >= 11 is 15.2. The maximum Gasteiger partial charge on any atom is 0.238 e. The third kappa shape index (κ3) is 4.11. The summed E-state index contributed by atoms with van der Waals surface area (Å²) in [5.74, 6) is 0. The van der Waals surface area contributed by atoms with E-state index < -0.39 is 21.4 Å². The zero-order valence-corrected chi connectivity index (χ0v) is 6.90. The fourth-order valence-corrected chi connectivity index (χ4v) is 0.491. The zero-order valence-electron chi connectivity index (χ0n) is 4.63. The summed E-state index contributed by atoms with van der Waals surface area (Å²) in [6.45, 7) is -0.676. The monoisotopic (exact) mass is 207 g/mol. The first-order valence-electron chi connectivity index (χ1n) is 2.20. The molecule has 0 heterocycles. The van der Waals surface area contributed by atoms with Crippen LogP contribution < -0.4 is 0 Å². The van der Waals surface area contributed by atoms with Crippen molar-refractivity contribution in [1.82, 2.24) is 0 Å². The van der Waals surface area contributed by atoms with Crippen LogP contribution in [0.25, 0.3) is 0 Å². The van der Waals surface area contributed by atoms with Gasteiger partial charge in [-0.25, -0.2) is 0 Å². The Kier molecular flexibility index (Phi) is 3.65. The van der Waals surface area contributed by atoms with Crippen LogP contribution in [0.2, 0.25) is 0 Å². The molecule has 0 aliphatic heterocycles. The predicted molar refractivity (Wildman–Crippen MR) is 38.2 cm³/mol. The van der Waals surface area contributed by atoms with E-state index in [1.807, 2.05) is 0 Å². The van der Waals surface area contributed by atoms with Crippen molar-refractivity contribution in [2.75, 3.05) is 6.54 Å². The van der Waals surface area contributed by atoms with Crippen molar-refractivity contribution in [3.05, 3.63) is 10.1 Å². The van der Waals surface area contributed by atoms with Gasteiger partial charge in [0.1, 0.15) is 0 Å². The number of rotatable bonds is 3. The quantitative estimate of drug-likeness (QED) is 0.427. The third-order valence-corrected chi connectivity index (χ3v) is 1.89. The molecule has 60 valence electrons. The summed E-state index contributed by atoms with van der Waals surface area (Å²) < 4.78 is -2.24. The second-order valence-electron chi connectivity index (χ2n) is 1.57. The summed E-state index contributed by atoms with van der Waals surface area (Å²) in [5, 5.41) is 17.1. The van der Waals surface area contributed by atoms with Crippen molar-refractivity contribution in [2.24, 2.45) is 0 Å². The molecular formula is C3H4Cl3NO3. The van der Waals surface area contributed by atoms with Gasteiger partial charge in [0.25, 0.3) is 0 Å². The van der Waals surface area contributed by atoms with Crippen LogP contribution in [0.15, 0.2) is 0 Å². The molecule has 4 nitrogen and oxygen atoms in total. The lowest BCUT2D eigenvalue weighted by Gasteiger charge is -2.14. The second kappa shape index (κ2) is 3.57. The molecule has 0 saturated heterocycles. The SMILES string of the molecule is O=[N+]([O-])CC(Cl)C(O)(Cl)Cl. The van der Waals surface area contributed by atoms with Crippen molar-refractivity contribution < 1.29 is 10.0 Å². The van der Waals surface area contributed by atoms with Crippen molar-refractivity contribution in [3.8, 4) is 0 Å². The fraction of sp³-hybridized carbons (Fsp3) is 1.00. The Morgan fingerprint density at radius 1 is 1.70 bits per heavy atom. The molecule has 0 radical (unpaired) electrons. The highest BCUT2D eigenvalue weighted by molar-refractivity contribution is 6.50. The van der Waals surface area contributed by atoms with E-state index in [2.05, 4.69) is 0 Å². The highest BCUT2D eigenvalue weighted by Gasteiger charge is 2.34. The zero-order chi connectivity index (χ0) is 8.36. The van der Waals surface area contributed by atoms with E-state index >= 15 is 0 Å². The summed E-state index contributed by atoms with van der Waals surface area (Å²) in [5.41, 5.74) is 0. The van der Waals surface area contributed by atoms with Gasteiger partial charge in [0.05, 0.1) is 0 Å². The van der Waals surface area contributed by atoms with E-state index in [1.165, 1.54) is 0 Å². The van der Waals surface area contributed by atoms with Crippen LogP contribution in [-0.2, 0) is 0 Å². The molecule has 10 heavy (non-hydrogen) atoms. The Morgan fingerprint density at radius 2 is 2.10 bits per heavy atom. The van der Waals surface area contributed by atoms with E-state index in [0.717, 1.165) is 0 Å². The van der Waals surface area contributed by atoms with Crippen molar-refractivity contribution in [1.29, 1.82) is 0 Å². The van der Waals surface area contributed by atoms with Gasteiger partial charge in [0.2, 0.25) is 11.1 Å². The standard InChI is InChI=1S/C3H4Cl3NO3/c4-2(1-7(9)10)3(5,6)8/h2,8H,1H2. The normalized spacial score (nSPS) is 14.8. The average molecular weight is 208 g/mol. The minimum Gasteiger partial charge on any atom is -0.361 e. The number of hydrogen-bond acceptors (Lipinski definition) is 3. The van der Waals surface area contributed by atoms with Crippen LogP contribution in [0, 0.1) is 10.1 Å². The molecule has 0 aromatic heterocycles. The topological polar surface area (TPSA) is 63.4 Å². The highest BCUT2D eigenvalue weighted by Crippen LogP contribution is 2.25. The van der Waals surface area contributed by atoms with Crippen molar-refractivity contribution >= 4 is 34.8 Å². The maximum atomic E-state index is 9.75. The molecule has 0 fully saturated rings. The molecule has 0 rings (SSSR count). The van der Waals surface area contributed by atoms with Gasteiger partial charge in [-0.1, -0.05) is 23.2 Å². The molecule has 0 bridgehead atoms. The lowest BCUT2D eigenvalue weighted by atomic mass is 10.4. The van der Waals surface area contributed by atoms with Gasteiger partial charge in [-0.2, -0.15) is 0 Å². The number of alkyl halides is 3. The van der Waals surface area contributed by atoms with Crippen LogP contribution in [0.5, 0.6) is 0 Å². The Labute approximate surface area is 71.8 Å². The predicted octanol–water partition coefficient (Wildman–Crippen LogP) is 0.994. The van der Waals surface area contributed by atoms with E-state index in [0.29, 0.717) is 0 Å². The lowest BCUT2D eigenvalue weighted by Crippen LogP contribution is -2.32. The van der Waals surface area contributed by atoms with E-state index in [4.69, 9.17) is 39.9 Å². The molecule has 0 aliphatic carbocycles. The van der Waals surface area contributed by atoms with Gasteiger partial charge in [0, 0.05) is 4.92 Å². The second-order valence-corrected chi connectivity index (χ2v) is 3.44. The Balaban J connectivity index is 3.85. The molecular weight excluding hydrogens is 204 g/mol. The summed E-state index contributed by atoms with van der Waals surface area (Å²) in [6.07, 6.45) is 0. The van der Waals surface area contributed by atoms with Crippen LogP contribution >= 0.6 is 34.8 Å². The highest BCUT2D eigenvalue weighted by atomic mass is 35.5. The number of aliphatic hydroxyl groups is 1.